The Labute approximate surface area is 133 Å². The van der Waals surface area contributed by atoms with Crippen molar-refractivity contribution in [1.82, 2.24) is 19.9 Å². The van der Waals surface area contributed by atoms with E-state index in [0.717, 1.165) is 12.1 Å². The molecule has 2 aromatic heterocycles. The van der Waals surface area contributed by atoms with Crippen molar-refractivity contribution in [1.29, 1.82) is 0 Å². The number of carbonyl (C=O) groups excluding carboxylic acids is 1. The summed E-state index contributed by atoms with van der Waals surface area (Å²) in [5.74, 6) is 0.215. The highest BCUT2D eigenvalue weighted by molar-refractivity contribution is 7.99. The van der Waals surface area contributed by atoms with E-state index >= 15 is 0 Å². The van der Waals surface area contributed by atoms with Crippen LogP contribution in [0.25, 0.3) is 11.0 Å². The van der Waals surface area contributed by atoms with E-state index in [1.807, 2.05) is 33.8 Å². The van der Waals surface area contributed by atoms with Crippen LogP contribution in [0.4, 0.5) is 0 Å². The van der Waals surface area contributed by atoms with E-state index in [0.29, 0.717) is 22.7 Å². The number of aromatic nitrogens is 3. The smallest absolute Gasteiger partial charge is 0.278 e. The zero-order chi connectivity index (χ0) is 16.3. The third-order valence-corrected chi connectivity index (χ3v) is 4.48. The normalized spacial score (nSPS) is 12.5. The molecule has 2 aromatic rings. The predicted molar refractivity (Wildman–Crippen MR) is 89.4 cm³/mol. The summed E-state index contributed by atoms with van der Waals surface area (Å²) in [6, 6.07) is 2.00. The second kappa shape index (κ2) is 7.00. The van der Waals surface area contributed by atoms with Crippen LogP contribution in [0.5, 0.6) is 0 Å². The van der Waals surface area contributed by atoms with Crippen LogP contribution in [0, 0.1) is 6.92 Å². The Morgan fingerprint density at radius 3 is 2.86 bits per heavy atom. The van der Waals surface area contributed by atoms with E-state index in [1.54, 1.807) is 4.57 Å². The number of hydrogen-bond acceptors (Lipinski definition) is 4. The van der Waals surface area contributed by atoms with Gasteiger partial charge >= 0.3 is 0 Å². The molecule has 1 unspecified atom stereocenters. The largest absolute Gasteiger partial charge is 0.353 e. The Kier molecular flexibility index (Phi) is 5.28. The average molecular weight is 322 g/mol. The molecule has 0 bridgehead atoms. The van der Waals surface area contributed by atoms with Crippen molar-refractivity contribution in [2.75, 3.05) is 5.75 Å². The van der Waals surface area contributed by atoms with Gasteiger partial charge in [-0.1, -0.05) is 18.7 Å². The lowest BCUT2D eigenvalue weighted by Gasteiger charge is -2.12. The average Bonchev–Trinajstić information content (AvgIpc) is 2.86. The molecule has 2 heterocycles. The fraction of sp³-hybridized carbons (Fsp3) is 0.533. The zero-order valence-electron chi connectivity index (χ0n) is 13.4. The third-order valence-electron chi connectivity index (χ3n) is 3.51. The number of thioether (sulfide) groups is 1. The lowest BCUT2D eigenvalue weighted by molar-refractivity contribution is -0.119. The molecule has 1 amide bonds. The van der Waals surface area contributed by atoms with E-state index in [-0.39, 0.29) is 23.3 Å². The minimum Gasteiger partial charge on any atom is -0.353 e. The molecule has 120 valence electrons. The highest BCUT2D eigenvalue weighted by atomic mass is 32.2. The van der Waals surface area contributed by atoms with Gasteiger partial charge in [0.2, 0.25) is 5.91 Å². The minimum atomic E-state index is -0.0922. The maximum Gasteiger partial charge on any atom is 0.278 e. The second-order valence-corrected chi connectivity index (χ2v) is 6.26. The number of H-pyrrole nitrogens is 1. The molecule has 0 fully saturated rings. The molecule has 7 heteroatoms. The van der Waals surface area contributed by atoms with Gasteiger partial charge in [-0.3, -0.25) is 14.2 Å². The molecule has 0 aliphatic heterocycles. The number of rotatable bonds is 6. The van der Waals surface area contributed by atoms with Crippen LogP contribution in [0.3, 0.4) is 0 Å². The first-order valence-corrected chi connectivity index (χ1v) is 8.47. The van der Waals surface area contributed by atoms with Crippen molar-refractivity contribution in [2.24, 2.45) is 0 Å². The molecule has 0 saturated carbocycles. The van der Waals surface area contributed by atoms with Gasteiger partial charge in [0.1, 0.15) is 5.52 Å². The quantitative estimate of drug-likeness (QED) is 0.630. The fourth-order valence-electron chi connectivity index (χ4n) is 2.15. The zero-order valence-corrected chi connectivity index (χ0v) is 14.2. The van der Waals surface area contributed by atoms with Crippen molar-refractivity contribution < 1.29 is 4.79 Å². The van der Waals surface area contributed by atoms with Gasteiger partial charge in [0.15, 0.2) is 5.16 Å². The van der Waals surface area contributed by atoms with E-state index in [9.17, 15) is 9.59 Å². The van der Waals surface area contributed by atoms with Crippen molar-refractivity contribution >= 4 is 28.7 Å². The molecule has 2 N–H and O–H groups in total. The Morgan fingerprint density at radius 2 is 2.23 bits per heavy atom. The SMILES string of the molecule is CCC(C)NC(=O)CSc1nc2cc(C)[nH]c2c(=O)n1CC. The van der Waals surface area contributed by atoms with Gasteiger partial charge in [0, 0.05) is 18.3 Å². The first kappa shape index (κ1) is 16.6. The molecule has 6 nitrogen and oxygen atoms in total. The summed E-state index contributed by atoms with van der Waals surface area (Å²) in [4.78, 5) is 31.9. The Hall–Kier alpha value is -1.76. The summed E-state index contributed by atoms with van der Waals surface area (Å²) in [5.41, 5.74) is 1.98. The Balaban J connectivity index is 2.23. The van der Waals surface area contributed by atoms with E-state index in [1.165, 1.54) is 11.8 Å². The molecule has 0 aromatic carbocycles. The lowest BCUT2D eigenvalue weighted by Crippen LogP contribution is -2.33. The van der Waals surface area contributed by atoms with Gasteiger partial charge in [0.05, 0.1) is 11.3 Å². The third kappa shape index (κ3) is 3.52. The Morgan fingerprint density at radius 1 is 1.50 bits per heavy atom. The number of nitrogens with one attached hydrogen (secondary N) is 2. The summed E-state index contributed by atoms with van der Waals surface area (Å²) in [6.07, 6.45) is 0.892. The first-order chi connectivity index (χ1) is 10.5. The summed E-state index contributed by atoms with van der Waals surface area (Å²) >= 11 is 1.30. The number of carbonyl (C=O) groups is 1. The summed E-state index contributed by atoms with van der Waals surface area (Å²) < 4.78 is 1.60. The molecule has 0 saturated heterocycles. The Bertz CT molecular complexity index is 735. The highest BCUT2D eigenvalue weighted by Gasteiger charge is 2.14. The lowest BCUT2D eigenvalue weighted by atomic mass is 10.3. The number of nitrogens with zero attached hydrogens (tertiary/aromatic N) is 2. The van der Waals surface area contributed by atoms with Crippen LogP contribution in [0.2, 0.25) is 0 Å². The van der Waals surface area contributed by atoms with Crippen LogP contribution < -0.4 is 10.9 Å². The topological polar surface area (TPSA) is 79.8 Å². The summed E-state index contributed by atoms with van der Waals surface area (Å²) in [7, 11) is 0. The molecular weight excluding hydrogens is 300 g/mol. The highest BCUT2D eigenvalue weighted by Crippen LogP contribution is 2.18. The maximum absolute atomic E-state index is 12.4. The van der Waals surface area contributed by atoms with Gasteiger partial charge in [-0.2, -0.15) is 0 Å². The van der Waals surface area contributed by atoms with Crippen molar-refractivity contribution in [3.05, 3.63) is 22.1 Å². The standard InChI is InChI=1S/C15H22N4O2S/c1-5-9(3)16-12(20)8-22-15-18-11-7-10(4)17-13(11)14(21)19(15)6-2/h7,9,17H,5-6,8H2,1-4H3,(H,16,20). The molecule has 22 heavy (non-hydrogen) atoms. The predicted octanol–water partition coefficient (Wildman–Crippen LogP) is 2.06. The van der Waals surface area contributed by atoms with Crippen LogP contribution in [-0.4, -0.2) is 32.2 Å². The van der Waals surface area contributed by atoms with Crippen LogP contribution in [0.15, 0.2) is 16.0 Å². The molecule has 0 radical (unpaired) electrons. The van der Waals surface area contributed by atoms with Crippen molar-refractivity contribution in [3.63, 3.8) is 0 Å². The van der Waals surface area contributed by atoms with E-state index in [2.05, 4.69) is 15.3 Å². The van der Waals surface area contributed by atoms with Gasteiger partial charge in [-0.25, -0.2) is 4.98 Å². The van der Waals surface area contributed by atoms with Gasteiger partial charge in [0.25, 0.3) is 5.56 Å². The molecular formula is C15H22N4O2S. The van der Waals surface area contributed by atoms with E-state index in [4.69, 9.17) is 0 Å². The van der Waals surface area contributed by atoms with Gasteiger partial charge < -0.3 is 10.3 Å². The summed E-state index contributed by atoms with van der Waals surface area (Å²) in [5, 5.41) is 3.49. The molecule has 1 atom stereocenters. The minimum absolute atomic E-state index is 0.0402. The fourth-order valence-corrected chi connectivity index (χ4v) is 3.02. The van der Waals surface area contributed by atoms with Crippen molar-refractivity contribution in [2.45, 2.75) is 51.9 Å². The van der Waals surface area contributed by atoms with E-state index < -0.39 is 0 Å². The molecule has 0 aliphatic rings. The number of amides is 1. The maximum atomic E-state index is 12.4. The van der Waals surface area contributed by atoms with Gasteiger partial charge in [-0.15, -0.1) is 0 Å². The number of hydrogen-bond donors (Lipinski definition) is 2. The van der Waals surface area contributed by atoms with Gasteiger partial charge in [-0.05, 0) is 33.3 Å². The monoisotopic (exact) mass is 322 g/mol. The number of fused-ring (bicyclic) bond motifs is 1. The molecule has 2 rings (SSSR count). The second-order valence-electron chi connectivity index (χ2n) is 5.32. The van der Waals surface area contributed by atoms with Crippen LogP contribution in [-0.2, 0) is 11.3 Å². The molecule has 0 aliphatic carbocycles. The number of aryl methyl sites for hydroxylation is 1. The molecule has 0 spiro atoms. The number of aromatic amines is 1. The van der Waals surface area contributed by atoms with Crippen LogP contribution in [0.1, 0.15) is 32.9 Å². The first-order valence-electron chi connectivity index (χ1n) is 7.48. The van der Waals surface area contributed by atoms with Crippen molar-refractivity contribution in [3.8, 4) is 0 Å². The van der Waals surface area contributed by atoms with Crippen LogP contribution >= 0.6 is 11.8 Å². The summed E-state index contributed by atoms with van der Waals surface area (Å²) in [6.45, 7) is 8.31.